The first-order chi connectivity index (χ1) is 12.5. The van der Waals surface area contributed by atoms with Gasteiger partial charge in [-0.25, -0.2) is 8.42 Å². The van der Waals surface area contributed by atoms with E-state index >= 15 is 0 Å². The predicted octanol–water partition coefficient (Wildman–Crippen LogP) is 3.75. The molecule has 1 heterocycles. The summed E-state index contributed by atoms with van der Waals surface area (Å²) < 4.78 is 40.5. The number of sulfone groups is 1. The fourth-order valence-corrected chi connectivity index (χ4v) is 3.78. The Hall–Kier alpha value is -2.67. The van der Waals surface area contributed by atoms with Crippen molar-refractivity contribution in [1.82, 2.24) is 0 Å². The summed E-state index contributed by atoms with van der Waals surface area (Å²) in [6.45, 7) is 2.00. The molecule has 0 unspecified atom stereocenters. The van der Waals surface area contributed by atoms with Gasteiger partial charge in [0.2, 0.25) is 6.29 Å². The maximum absolute atomic E-state index is 12.4. The van der Waals surface area contributed by atoms with Crippen LogP contribution in [0.3, 0.4) is 0 Å². The summed E-state index contributed by atoms with van der Waals surface area (Å²) in [6, 6.07) is 11.3. The fourth-order valence-electron chi connectivity index (χ4n) is 2.49. The van der Waals surface area contributed by atoms with E-state index in [1.165, 1.54) is 24.7 Å². The van der Waals surface area contributed by atoms with Gasteiger partial charge in [0.15, 0.2) is 21.3 Å². The molecule has 0 radical (unpaired) electrons. The van der Waals surface area contributed by atoms with Crippen molar-refractivity contribution in [2.45, 2.75) is 31.0 Å². The molecule has 0 atom stereocenters. The number of hydrogen-bond donors (Lipinski definition) is 1. The Bertz CT molecular complexity index is 879. The van der Waals surface area contributed by atoms with Crippen molar-refractivity contribution in [2.75, 3.05) is 5.75 Å². The molecule has 2 aromatic rings. The first kappa shape index (κ1) is 18.1. The number of benzene rings is 2. The van der Waals surface area contributed by atoms with Crippen LogP contribution in [0.15, 0.2) is 59.9 Å². The van der Waals surface area contributed by atoms with E-state index in [-0.39, 0.29) is 22.8 Å². The van der Waals surface area contributed by atoms with Crippen LogP contribution in [-0.2, 0) is 25.7 Å². The van der Waals surface area contributed by atoms with E-state index in [1.54, 1.807) is 24.3 Å². The van der Waals surface area contributed by atoms with Gasteiger partial charge in [-0.2, -0.15) is 0 Å². The minimum absolute atomic E-state index is 0.0474. The Balaban J connectivity index is 1.65. The lowest BCUT2D eigenvalue weighted by Crippen LogP contribution is -2.15. The molecular formula is C19H20O6S. The van der Waals surface area contributed by atoms with Crippen LogP contribution in [-0.4, -0.2) is 25.6 Å². The van der Waals surface area contributed by atoms with Crippen molar-refractivity contribution in [3.8, 4) is 17.2 Å². The molecule has 1 N–H and O–H groups in total. The summed E-state index contributed by atoms with van der Waals surface area (Å²) in [5, 5.41) is 9.99. The highest BCUT2D eigenvalue weighted by Crippen LogP contribution is 2.32. The summed E-state index contributed by atoms with van der Waals surface area (Å²) in [6.07, 6.45) is 3.29. The number of phenols is 1. The fraction of sp³-hybridized carbons (Fsp3) is 0.263. The predicted molar refractivity (Wildman–Crippen MR) is 95.8 cm³/mol. The quantitative estimate of drug-likeness (QED) is 0.792. The van der Waals surface area contributed by atoms with E-state index in [1.807, 2.05) is 13.0 Å². The summed E-state index contributed by atoms with van der Waals surface area (Å²) in [4.78, 5) is 0.196. The Labute approximate surface area is 152 Å². The number of rotatable bonds is 7. The molecule has 2 aromatic carbocycles. The van der Waals surface area contributed by atoms with E-state index in [0.717, 1.165) is 12.0 Å². The Morgan fingerprint density at radius 2 is 1.77 bits per heavy atom. The van der Waals surface area contributed by atoms with Gasteiger partial charge in [-0.05, 0) is 48.4 Å². The van der Waals surface area contributed by atoms with Gasteiger partial charge in [0.05, 0.1) is 10.6 Å². The second kappa shape index (κ2) is 7.70. The molecule has 0 bridgehead atoms. The molecule has 0 saturated carbocycles. The lowest BCUT2D eigenvalue weighted by atomic mass is 10.1. The molecule has 0 spiro atoms. The zero-order valence-corrected chi connectivity index (χ0v) is 15.1. The molecule has 1 aliphatic heterocycles. The molecule has 7 heteroatoms. The van der Waals surface area contributed by atoms with Crippen LogP contribution in [0.25, 0.3) is 0 Å². The van der Waals surface area contributed by atoms with Gasteiger partial charge in [0.1, 0.15) is 18.3 Å². The first-order valence-corrected chi connectivity index (χ1v) is 9.91. The molecule has 0 aromatic heterocycles. The van der Waals surface area contributed by atoms with Crippen LogP contribution >= 0.6 is 0 Å². The Morgan fingerprint density at radius 1 is 1.08 bits per heavy atom. The third kappa shape index (κ3) is 4.29. The maximum atomic E-state index is 12.4. The maximum Gasteiger partial charge on any atom is 0.240 e. The molecule has 0 aliphatic carbocycles. The highest BCUT2D eigenvalue weighted by molar-refractivity contribution is 7.91. The van der Waals surface area contributed by atoms with Crippen molar-refractivity contribution in [3.05, 3.63) is 60.6 Å². The van der Waals surface area contributed by atoms with Crippen LogP contribution in [0, 0.1) is 0 Å². The van der Waals surface area contributed by atoms with Crippen LogP contribution < -0.4 is 4.74 Å². The number of aryl methyl sites for hydroxylation is 1. The molecule has 0 amide bonds. The van der Waals surface area contributed by atoms with Gasteiger partial charge >= 0.3 is 0 Å². The second-order valence-electron chi connectivity index (χ2n) is 5.81. The van der Waals surface area contributed by atoms with E-state index in [9.17, 15) is 13.5 Å². The molecule has 26 heavy (non-hydrogen) atoms. The van der Waals surface area contributed by atoms with Gasteiger partial charge in [-0.1, -0.05) is 13.0 Å². The molecular weight excluding hydrogens is 356 g/mol. The number of ether oxygens (including phenoxy) is 3. The average molecular weight is 376 g/mol. The van der Waals surface area contributed by atoms with Crippen molar-refractivity contribution in [3.63, 3.8) is 0 Å². The molecule has 1 aliphatic rings. The largest absolute Gasteiger partial charge is 0.504 e. The van der Waals surface area contributed by atoms with E-state index in [2.05, 4.69) is 0 Å². The van der Waals surface area contributed by atoms with Crippen molar-refractivity contribution < 1.29 is 27.7 Å². The Morgan fingerprint density at radius 3 is 2.38 bits per heavy atom. The topological polar surface area (TPSA) is 82.1 Å². The lowest BCUT2D eigenvalue weighted by molar-refractivity contribution is -0.0235. The molecule has 0 saturated heterocycles. The average Bonchev–Trinajstić information content (AvgIpc) is 3.16. The SMILES string of the molecule is CCc1ccc(Oc2ccc(S(=O)(=O)CCC3OC=CO3)cc2)c(O)c1. The van der Waals surface area contributed by atoms with Gasteiger partial charge in [0.25, 0.3) is 0 Å². The second-order valence-corrected chi connectivity index (χ2v) is 7.92. The van der Waals surface area contributed by atoms with Crippen LogP contribution in [0.2, 0.25) is 0 Å². The summed E-state index contributed by atoms with van der Waals surface area (Å²) in [5.74, 6) is 0.723. The van der Waals surface area contributed by atoms with Gasteiger partial charge in [-0.15, -0.1) is 0 Å². The normalized spacial score (nSPS) is 14.0. The number of hydrogen-bond acceptors (Lipinski definition) is 6. The van der Waals surface area contributed by atoms with Crippen molar-refractivity contribution in [1.29, 1.82) is 0 Å². The third-order valence-electron chi connectivity index (χ3n) is 3.98. The van der Waals surface area contributed by atoms with Crippen LogP contribution in [0.5, 0.6) is 17.2 Å². The Kier molecular flexibility index (Phi) is 5.37. The minimum Gasteiger partial charge on any atom is -0.504 e. The summed E-state index contributed by atoms with van der Waals surface area (Å²) in [5.41, 5.74) is 1.00. The molecule has 6 nitrogen and oxygen atoms in total. The number of aromatic hydroxyl groups is 1. The highest BCUT2D eigenvalue weighted by atomic mass is 32.2. The minimum atomic E-state index is -3.45. The van der Waals surface area contributed by atoms with Crippen LogP contribution in [0.1, 0.15) is 18.9 Å². The van der Waals surface area contributed by atoms with Gasteiger partial charge in [-0.3, -0.25) is 0 Å². The first-order valence-electron chi connectivity index (χ1n) is 8.26. The van der Waals surface area contributed by atoms with Crippen molar-refractivity contribution >= 4 is 9.84 Å². The van der Waals surface area contributed by atoms with E-state index in [0.29, 0.717) is 11.5 Å². The zero-order chi connectivity index (χ0) is 18.6. The standard InChI is InChI=1S/C19H20O6S/c1-2-14-3-8-18(17(20)13-14)25-15-4-6-16(7-5-15)26(21,22)12-9-19-23-10-11-24-19/h3-8,10-11,13,19-20H,2,9,12H2,1H3. The summed E-state index contributed by atoms with van der Waals surface area (Å²) in [7, 11) is -3.45. The van der Waals surface area contributed by atoms with Crippen LogP contribution in [0.4, 0.5) is 0 Å². The van der Waals surface area contributed by atoms with Gasteiger partial charge < -0.3 is 19.3 Å². The zero-order valence-electron chi connectivity index (χ0n) is 14.3. The third-order valence-corrected chi connectivity index (χ3v) is 5.74. The van der Waals surface area contributed by atoms with Crippen molar-refractivity contribution in [2.24, 2.45) is 0 Å². The number of phenolic OH excluding ortho intramolecular Hbond substituents is 1. The lowest BCUT2D eigenvalue weighted by Gasteiger charge is -2.11. The smallest absolute Gasteiger partial charge is 0.240 e. The molecule has 0 fully saturated rings. The van der Waals surface area contributed by atoms with E-state index in [4.69, 9.17) is 14.2 Å². The molecule has 3 rings (SSSR count). The van der Waals surface area contributed by atoms with E-state index < -0.39 is 16.1 Å². The molecule has 138 valence electrons. The monoisotopic (exact) mass is 376 g/mol. The highest BCUT2D eigenvalue weighted by Gasteiger charge is 2.20. The summed E-state index contributed by atoms with van der Waals surface area (Å²) >= 11 is 0. The van der Waals surface area contributed by atoms with Gasteiger partial charge in [0, 0.05) is 6.42 Å².